The molecular weight excluding hydrogens is 300 g/mol. The van der Waals surface area contributed by atoms with Crippen molar-refractivity contribution in [1.29, 1.82) is 0 Å². The molecule has 2 fully saturated rings. The van der Waals surface area contributed by atoms with Gasteiger partial charge in [0, 0.05) is 32.7 Å². The van der Waals surface area contributed by atoms with Gasteiger partial charge in [-0.05, 0) is 6.42 Å². The number of hydrogen-bond donors (Lipinski definition) is 1. The molecule has 8 nitrogen and oxygen atoms in total. The van der Waals surface area contributed by atoms with Crippen LogP contribution in [0.25, 0.3) is 0 Å². The van der Waals surface area contributed by atoms with Crippen molar-refractivity contribution in [3.8, 4) is 5.88 Å². The van der Waals surface area contributed by atoms with Crippen molar-refractivity contribution in [3.63, 3.8) is 0 Å². The number of aromatic nitrogens is 2. The minimum absolute atomic E-state index is 0.0640. The summed E-state index contributed by atoms with van der Waals surface area (Å²) >= 11 is 0. The van der Waals surface area contributed by atoms with E-state index in [1.165, 1.54) is 6.33 Å². The Kier molecular flexibility index (Phi) is 4.92. The molecule has 1 aromatic rings. The van der Waals surface area contributed by atoms with Gasteiger partial charge < -0.3 is 24.4 Å². The molecule has 2 aliphatic rings. The Balaban J connectivity index is 1.63. The fourth-order valence-corrected chi connectivity index (χ4v) is 3.19. The molecule has 2 saturated heterocycles. The Morgan fingerprint density at radius 3 is 3.13 bits per heavy atom. The second kappa shape index (κ2) is 7.10. The lowest BCUT2D eigenvalue weighted by atomic mass is 10.1. The van der Waals surface area contributed by atoms with Crippen LogP contribution in [0.1, 0.15) is 12.8 Å². The number of nitrogens with zero attached hydrogens (tertiary/aromatic N) is 3. The number of amides is 1. The Hall–Kier alpha value is -1.93. The first kappa shape index (κ1) is 15.9. The maximum atomic E-state index is 12.1. The second-order valence-corrected chi connectivity index (χ2v) is 5.65. The lowest BCUT2D eigenvalue weighted by molar-refractivity contribution is -0.132. The van der Waals surface area contributed by atoms with E-state index in [1.54, 1.807) is 14.2 Å². The van der Waals surface area contributed by atoms with Crippen LogP contribution in [0.5, 0.6) is 5.88 Å². The van der Waals surface area contributed by atoms with Crippen LogP contribution in [-0.2, 0) is 14.3 Å². The predicted molar refractivity (Wildman–Crippen MR) is 82.5 cm³/mol. The van der Waals surface area contributed by atoms with Gasteiger partial charge in [0.25, 0.3) is 0 Å². The Morgan fingerprint density at radius 1 is 1.48 bits per heavy atom. The first-order valence-corrected chi connectivity index (χ1v) is 7.77. The maximum absolute atomic E-state index is 12.1. The van der Waals surface area contributed by atoms with Crippen molar-refractivity contribution in [2.24, 2.45) is 0 Å². The van der Waals surface area contributed by atoms with E-state index in [4.69, 9.17) is 14.2 Å². The fourth-order valence-electron chi connectivity index (χ4n) is 3.19. The molecule has 8 heteroatoms. The van der Waals surface area contributed by atoms with Gasteiger partial charge in [0.1, 0.15) is 18.2 Å². The Morgan fingerprint density at radius 2 is 2.35 bits per heavy atom. The van der Waals surface area contributed by atoms with Crippen molar-refractivity contribution >= 4 is 11.7 Å². The van der Waals surface area contributed by atoms with Crippen molar-refractivity contribution in [2.45, 2.75) is 31.1 Å². The summed E-state index contributed by atoms with van der Waals surface area (Å²) in [5.74, 6) is 1.27. The number of anilines is 1. The first-order chi connectivity index (χ1) is 11.2. The maximum Gasteiger partial charge on any atom is 0.249 e. The van der Waals surface area contributed by atoms with Crippen molar-refractivity contribution in [1.82, 2.24) is 15.3 Å². The van der Waals surface area contributed by atoms with Gasteiger partial charge in [-0.3, -0.25) is 4.79 Å². The van der Waals surface area contributed by atoms with Gasteiger partial charge in [-0.2, -0.15) is 0 Å². The largest absolute Gasteiger partial charge is 0.481 e. The number of carbonyl (C=O) groups is 1. The molecule has 126 valence electrons. The summed E-state index contributed by atoms with van der Waals surface area (Å²) in [6, 6.07) is 1.97. The quantitative estimate of drug-likeness (QED) is 0.737. The van der Waals surface area contributed by atoms with Gasteiger partial charge in [0.2, 0.25) is 11.8 Å². The van der Waals surface area contributed by atoms with Crippen LogP contribution in [0.4, 0.5) is 5.82 Å². The van der Waals surface area contributed by atoms with Crippen molar-refractivity contribution in [3.05, 3.63) is 12.4 Å². The van der Waals surface area contributed by atoms with Gasteiger partial charge in [0.15, 0.2) is 0 Å². The third kappa shape index (κ3) is 3.37. The smallest absolute Gasteiger partial charge is 0.249 e. The zero-order valence-electron chi connectivity index (χ0n) is 13.4. The zero-order chi connectivity index (χ0) is 16.2. The molecule has 3 rings (SSSR count). The van der Waals surface area contributed by atoms with Crippen LogP contribution in [0.2, 0.25) is 0 Å². The summed E-state index contributed by atoms with van der Waals surface area (Å²) in [4.78, 5) is 22.7. The van der Waals surface area contributed by atoms with Gasteiger partial charge in [0.05, 0.1) is 25.9 Å². The van der Waals surface area contributed by atoms with Crippen LogP contribution in [-0.4, -0.2) is 68.0 Å². The monoisotopic (exact) mass is 322 g/mol. The Bertz CT molecular complexity index is 556. The molecule has 2 aliphatic heterocycles. The molecule has 0 bridgehead atoms. The highest BCUT2D eigenvalue weighted by atomic mass is 16.5. The Labute approximate surface area is 135 Å². The highest BCUT2D eigenvalue weighted by molar-refractivity contribution is 5.81. The summed E-state index contributed by atoms with van der Waals surface area (Å²) < 4.78 is 16.0. The van der Waals surface area contributed by atoms with E-state index in [2.05, 4.69) is 20.2 Å². The summed E-state index contributed by atoms with van der Waals surface area (Å²) in [5, 5.41) is 2.83. The second-order valence-electron chi connectivity index (χ2n) is 5.65. The summed E-state index contributed by atoms with van der Waals surface area (Å²) in [6.45, 7) is 1.85. The molecule has 2 unspecified atom stereocenters. The number of methoxy groups -OCH3 is 2. The standard InChI is InChI=1S/C15H22N4O4/c1-21-6-4-16-15(20)12-7-10-11(23-12)3-5-19(10)13-8-14(22-2)18-9-17-13/h8-12H,3-7H2,1-2H3,(H,16,20)/t10?,11?,12-/m0/s1. The minimum atomic E-state index is -0.409. The van der Waals surface area contributed by atoms with Crippen LogP contribution in [0.3, 0.4) is 0 Å². The number of rotatable bonds is 6. The summed E-state index contributed by atoms with van der Waals surface area (Å²) in [5.41, 5.74) is 0. The van der Waals surface area contributed by atoms with E-state index in [0.29, 0.717) is 25.5 Å². The average Bonchev–Trinajstić information content (AvgIpc) is 3.15. The lowest BCUT2D eigenvalue weighted by Gasteiger charge is -2.24. The molecule has 0 aromatic carbocycles. The third-order valence-electron chi connectivity index (χ3n) is 4.31. The molecule has 3 atom stereocenters. The topological polar surface area (TPSA) is 85.8 Å². The molecule has 1 aromatic heterocycles. The first-order valence-electron chi connectivity index (χ1n) is 7.77. The van der Waals surface area contributed by atoms with Gasteiger partial charge in [-0.15, -0.1) is 0 Å². The van der Waals surface area contributed by atoms with Gasteiger partial charge >= 0.3 is 0 Å². The molecule has 0 aliphatic carbocycles. The van der Waals surface area contributed by atoms with E-state index in [0.717, 1.165) is 18.8 Å². The van der Waals surface area contributed by atoms with Crippen LogP contribution in [0.15, 0.2) is 12.4 Å². The van der Waals surface area contributed by atoms with E-state index in [-0.39, 0.29) is 18.1 Å². The van der Waals surface area contributed by atoms with Crippen molar-refractivity contribution in [2.75, 3.05) is 38.8 Å². The highest BCUT2D eigenvalue weighted by Crippen LogP contribution is 2.35. The number of nitrogens with one attached hydrogen (secondary N) is 1. The normalized spacial score (nSPS) is 26.2. The fraction of sp³-hybridized carbons (Fsp3) is 0.667. The van der Waals surface area contributed by atoms with E-state index in [9.17, 15) is 4.79 Å². The molecular formula is C15H22N4O4. The molecule has 1 amide bonds. The lowest BCUT2D eigenvalue weighted by Crippen LogP contribution is -2.38. The average molecular weight is 322 g/mol. The van der Waals surface area contributed by atoms with Gasteiger partial charge in [-0.25, -0.2) is 9.97 Å². The highest BCUT2D eigenvalue weighted by Gasteiger charge is 2.46. The van der Waals surface area contributed by atoms with E-state index >= 15 is 0 Å². The molecule has 3 heterocycles. The minimum Gasteiger partial charge on any atom is -0.481 e. The molecule has 23 heavy (non-hydrogen) atoms. The number of ether oxygens (including phenoxy) is 3. The molecule has 1 N–H and O–H groups in total. The predicted octanol–water partition coefficient (Wildman–Crippen LogP) is -0.0160. The number of hydrogen-bond acceptors (Lipinski definition) is 7. The summed E-state index contributed by atoms with van der Waals surface area (Å²) in [6.07, 6.45) is 2.70. The van der Waals surface area contributed by atoms with Crippen molar-refractivity contribution < 1.29 is 19.0 Å². The third-order valence-corrected chi connectivity index (χ3v) is 4.31. The van der Waals surface area contributed by atoms with Crippen LogP contribution in [0, 0.1) is 0 Å². The van der Waals surface area contributed by atoms with E-state index < -0.39 is 6.10 Å². The van der Waals surface area contributed by atoms with Gasteiger partial charge in [-0.1, -0.05) is 0 Å². The zero-order valence-corrected chi connectivity index (χ0v) is 13.4. The van der Waals surface area contributed by atoms with Crippen LogP contribution < -0.4 is 15.0 Å². The summed E-state index contributed by atoms with van der Waals surface area (Å²) in [7, 11) is 3.19. The van der Waals surface area contributed by atoms with Crippen LogP contribution >= 0.6 is 0 Å². The SMILES string of the molecule is COCCNC(=O)[C@@H]1CC2C(CCN2c2cc(OC)ncn2)O1. The molecule has 0 radical (unpaired) electrons. The number of carbonyl (C=O) groups excluding carboxylic acids is 1. The number of fused-ring (bicyclic) bond motifs is 1. The van der Waals surface area contributed by atoms with E-state index in [1.807, 2.05) is 6.07 Å². The molecule has 0 saturated carbocycles. The molecule has 0 spiro atoms.